The molecule has 4 rings (SSSR count). The van der Waals surface area contributed by atoms with Crippen molar-refractivity contribution >= 4 is 49.3 Å². The van der Waals surface area contributed by atoms with Crippen LogP contribution in [0.2, 0.25) is 0 Å². The third-order valence-electron chi connectivity index (χ3n) is 6.82. The number of thioether (sulfide) groups is 1. The summed E-state index contributed by atoms with van der Waals surface area (Å²) in [6.07, 6.45) is 4.32. The number of unbranched alkanes of at least 4 members (excludes halogenated alkanes) is 3. The Kier molecular flexibility index (Phi) is 10.4. The van der Waals surface area contributed by atoms with Crippen molar-refractivity contribution in [3.63, 3.8) is 0 Å². The number of hydrogen-bond donors (Lipinski definition) is 1. The van der Waals surface area contributed by atoms with Gasteiger partial charge in [-0.2, -0.15) is 4.72 Å². The van der Waals surface area contributed by atoms with Gasteiger partial charge in [0.1, 0.15) is 5.54 Å². The number of thiazole rings is 1. The lowest BCUT2D eigenvalue weighted by Crippen LogP contribution is -2.52. The lowest BCUT2D eigenvalue weighted by molar-refractivity contribution is -0.154. The summed E-state index contributed by atoms with van der Waals surface area (Å²) < 4.78 is 37.4. The van der Waals surface area contributed by atoms with Gasteiger partial charge in [-0.1, -0.05) is 106 Å². The second-order valence-corrected chi connectivity index (χ2v) is 14.0. The molecule has 0 spiro atoms. The molecule has 0 radical (unpaired) electrons. The van der Waals surface area contributed by atoms with Crippen molar-refractivity contribution in [1.29, 1.82) is 0 Å². The standard InChI is InChI=1S/C31H36N2O4S3/c1-4-6-7-14-21-38-30-32-26-20-19-25(22-27(26)39-30)40(35,36)33-31(3,5-2)29(34)37-28(23-15-10-8-11-16-23)24-17-12-9-13-18-24/h8-13,15-20,22,28,33H,4-7,14,21H2,1-3H3. The molecule has 0 fully saturated rings. The summed E-state index contributed by atoms with van der Waals surface area (Å²) in [5.41, 5.74) is 0.908. The predicted molar refractivity (Wildman–Crippen MR) is 164 cm³/mol. The average molecular weight is 597 g/mol. The van der Waals surface area contributed by atoms with Gasteiger partial charge in [0, 0.05) is 5.75 Å². The van der Waals surface area contributed by atoms with Gasteiger partial charge in [0.15, 0.2) is 10.4 Å². The molecule has 1 aromatic heterocycles. The second kappa shape index (κ2) is 13.8. The van der Waals surface area contributed by atoms with Crippen molar-refractivity contribution < 1.29 is 17.9 Å². The summed E-state index contributed by atoms with van der Waals surface area (Å²) in [4.78, 5) is 18.3. The summed E-state index contributed by atoms with van der Waals surface area (Å²) in [6, 6.07) is 23.8. The first kappa shape index (κ1) is 30.2. The number of benzene rings is 3. The smallest absolute Gasteiger partial charge is 0.327 e. The maximum atomic E-state index is 13.6. The van der Waals surface area contributed by atoms with Crippen molar-refractivity contribution in [3.05, 3.63) is 90.0 Å². The Morgan fingerprint density at radius 1 is 0.975 bits per heavy atom. The lowest BCUT2D eigenvalue weighted by Gasteiger charge is -2.30. The zero-order valence-electron chi connectivity index (χ0n) is 23.1. The van der Waals surface area contributed by atoms with E-state index in [9.17, 15) is 13.2 Å². The van der Waals surface area contributed by atoms with Crippen LogP contribution in [0.5, 0.6) is 0 Å². The van der Waals surface area contributed by atoms with Gasteiger partial charge in [0.2, 0.25) is 10.0 Å². The molecule has 1 unspecified atom stereocenters. The molecule has 0 saturated carbocycles. The minimum absolute atomic E-state index is 0.0956. The first-order valence-corrected chi connectivity index (χ1v) is 16.9. The van der Waals surface area contributed by atoms with Crippen molar-refractivity contribution in [1.82, 2.24) is 9.71 Å². The number of nitrogens with zero attached hydrogens (tertiary/aromatic N) is 1. The average Bonchev–Trinajstić information content (AvgIpc) is 3.38. The first-order valence-electron chi connectivity index (χ1n) is 13.6. The number of fused-ring (bicyclic) bond motifs is 1. The number of sulfonamides is 1. The second-order valence-electron chi connectivity index (χ2n) is 9.92. The van der Waals surface area contributed by atoms with E-state index in [0.717, 1.165) is 37.9 Å². The number of esters is 1. The molecule has 3 aromatic carbocycles. The van der Waals surface area contributed by atoms with Gasteiger partial charge in [-0.3, -0.25) is 0 Å². The molecule has 0 aliphatic heterocycles. The van der Waals surface area contributed by atoms with E-state index < -0.39 is 27.6 Å². The zero-order chi connectivity index (χ0) is 28.6. The molecule has 40 heavy (non-hydrogen) atoms. The summed E-state index contributed by atoms with van der Waals surface area (Å²) in [5, 5.41) is 0. The predicted octanol–water partition coefficient (Wildman–Crippen LogP) is 7.75. The summed E-state index contributed by atoms with van der Waals surface area (Å²) in [5.74, 6) is 0.355. The van der Waals surface area contributed by atoms with Crippen LogP contribution in [0.4, 0.5) is 0 Å². The fourth-order valence-corrected chi connectivity index (χ4v) is 7.95. The molecule has 0 aliphatic carbocycles. The molecule has 1 N–H and O–H groups in total. The van der Waals surface area contributed by atoms with Crippen molar-refractivity contribution in [3.8, 4) is 0 Å². The van der Waals surface area contributed by atoms with E-state index in [1.165, 1.54) is 36.7 Å². The highest BCUT2D eigenvalue weighted by molar-refractivity contribution is 8.01. The van der Waals surface area contributed by atoms with Crippen LogP contribution in [0.15, 0.2) is 88.1 Å². The van der Waals surface area contributed by atoms with Crippen LogP contribution in [0.25, 0.3) is 10.2 Å². The number of carbonyl (C=O) groups excluding carboxylic acids is 1. The van der Waals surface area contributed by atoms with Crippen LogP contribution in [-0.4, -0.2) is 30.7 Å². The topological polar surface area (TPSA) is 85.4 Å². The van der Waals surface area contributed by atoms with E-state index in [4.69, 9.17) is 4.74 Å². The fourth-order valence-electron chi connectivity index (χ4n) is 4.24. The molecule has 1 heterocycles. The molecular formula is C31H36N2O4S3. The van der Waals surface area contributed by atoms with Crippen LogP contribution >= 0.6 is 23.1 Å². The molecule has 4 aromatic rings. The summed E-state index contributed by atoms with van der Waals surface area (Å²) in [6.45, 7) is 5.53. The number of rotatable bonds is 14. The van der Waals surface area contributed by atoms with Gasteiger partial charge in [-0.15, -0.1) is 11.3 Å². The van der Waals surface area contributed by atoms with Crippen LogP contribution in [0, 0.1) is 0 Å². The molecule has 6 nitrogen and oxygen atoms in total. The Morgan fingerprint density at radius 3 is 2.23 bits per heavy atom. The Morgan fingerprint density at radius 2 is 1.62 bits per heavy atom. The van der Waals surface area contributed by atoms with Crippen LogP contribution in [0.1, 0.15) is 70.1 Å². The van der Waals surface area contributed by atoms with E-state index in [1.54, 1.807) is 37.7 Å². The third kappa shape index (κ3) is 7.51. The Bertz CT molecular complexity index is 1470. The first-order chi connectivity index (χ1) is 19.3. The van der Waals surface area contributed by atoms with Gasteiger partial charge in [-0.05, 0) is 49.1 Å². The number of aromatic nitrogens is 1. The van der Waals surface area contributed by atoms with E-state index in [0.29, 0.717) is 0 Å². The normalized spacial score (nSPS) is 13.4. The largest absolute Gasteiger partial charge is 0.451 e. The van der Waals surface area contributed by atoms with Crippen molar-refractivity contribution in [2.45, 2.75) is 73.8 Å². The lowest BCUT2D eigenvalue weighted by atomic mass is 9.98. The molecule has 1 atom stereocenters. The highest BCUT2D eigenvalue weighted by Crippen LogP contribution is 2.33. The number of hydrogen-bond acceptors (Lipinski definition) is 7. The molecule has 0 bridgehead atoms. The highest BCUT2D eigenvalue weighted by Gasteiger charge is 2.39. The quantitative estimate of drug-likeness (QED) is 0.0910. The Balaban J connectivity index is 1.52. The summed E-state index contributed by atoms with van der Waals surface area (Å²) >= 11 is 3.20. The van der Waals surface area contributed by atoms with Crippen molar-refractivity contribution in [2.24, 2.45) is 0 Å². The van der Waals surface area contributed by atoms with Gasteiger partial charge in [0.05, 0.1) is 15.1 Å². The van der Waals surface area contributed by atoms with E-state index in [-0.39, 0.29) is 11.3 Å². The van der Waals surface area contributed by atoms with Gasteiger partial charge in [0.25, 0.3) is 0 Å². The highest BCUT2D eigenvalue weighted by atomic mass is 32.2. The molecule has 9 heteroatoms. The Labute approximate surface area is 245 Å². The van der Waals surface area contributed by atoms with Crippen molar-refractivity contribution in [2.75, 3.05) is 5.75 Å². The molecule has 0 saturated heterocycles. The Hall–Kier alpha value is -2.72. The van der Waals surface area contributed by atoms with E-state index in [1.807, 2.05) is 60.7 Å². The maximum absolute atomic E-state index is 13.6. The number of nitrogens with one attached hydrogen (secondary N) is 1. The van der Waals surface area contributed by atoms with Gasteiger partial charge in [-0.25, -0.2) is 18.2 Å². The molecular weight excluding hydrogens is 561 g/mol. The van der Waals surface area contributed by atoms with Crippen LogP contribution in [0.3, 0.4) is 0 Å². The number of ether oxygens (including phenoxy) is 1. The third-order valence-corrected chi connectivity index (χ3v) is 10.7. The van der Waals surface area contributed by atoms with E-state index >= 15 is 0 Å². The number of carbonyl (C=O) groups is 1. The monoisotopic (exact) mass is 596 g/mol. The molecule has 0 amide bonds. The van der Waals surface area contributed by atoms with Crippen LogP contribution in [-0.2, 0) is 19.6 Å². The molecule has 212 valence electrons. The molecule has 0 aliphatic rings. The van der Waals surface area contributed by atoms with Gasteiger partial charge < -0.3 is 4.74 Å². The SMILES string of the molecule is CCCCCCSc1nc2ccc(S(=O)(=O)NC(C)(CC)C(=O)OC(c3ccccc3)c3ccccc3)cc2s1. The minimum Gasteiger partial charge on any atom is -0.451 e. The van der Waals surface area contributed by atoms with Crippen LogP contribution < -0.4 is 4.72 Å². The van der Waals surface area contributed by atoms with E-state index in [2.05, 4.69) is 16.6 Å². The maximum Gasteiger partial charge on any atom is 0.327 e. The summed E-state index contributed by atoms with van der Waals surface area (Å²) in [7, 11) is -4.03. The minimum atomic E-state index is -4.03. The fraction of sp³-hybridized carbons (Fsp3) is 0.355. The zero-order valence-corrected chi connectivity index (χ0v) is 25.6. The van der Waals surface area contributed by atoms with Gasteiger partial charge >= 0.3 is 5.97 Å².